The van der Waals surface area contributed by atoms with Crippen LogP contribution in [0.4, 0.5) is 0 Å². The normalized spacial score (nSPS) is 9.48. The standard InChI is InChI=1S/C19H18N2O2/c1-14-7-5-9-16(13-14)18(22)21-12-6-10-15-8-3-4-11-17(15)19(23)20-2/h3-5,7-9,11,13H,12H2,1-2H3,(H,20,23)(H,21,22). The van der Waals surface area contributed by atoms with Crippen molar-refractivity contribution in [2.45, 2.75) is 6.92 Å². The number of amides is 2. The molecule has 0 unspecified atom stereocenters. The lowest BCUT2D eigenvalue weighted by Gasteiger charge is -2.03. The lowest BCUT2D eigenvalue weighted by Crippen LogP contribution is -2.23. The van der Waals surface area contributed by atoms with Gasteiger partial charge in [-0.25, -0.2) is 0 Å². The fourth-order valence-electron chi connectivity index (χ4n) is 2.08. The molecule has 116 valence electrons. The SMILES string of the molecule is CNC(=O)c1ccccc1C#CCNC(=O)c1cccc(C)c1. The second kappa shape index (κ2) is 7.81. The molecule has 2 rings (SSSR count). The molecule has 0 aliphatic rings. The molecule has 0 aliphatic heterocycles. The fourth-order valence-corrected chi connectivity index (χ4v) is 2.08. The second-order valence-corrected chi connectivity index (χ2v) is 4.98. The molecule has 0 aromatic heterocycles. The van der Waals surface area contributed by atoms with Gasteiger partial charge in [0.25, 0.3) is 11.8 Å². The van der Waals surface area contributed by atoms with Crippen LogP contribution in [0.15, 0.2) is 48.5 Å². The van der Waals surface area contributed by atoms with Gasteiger partial charge in [-0.1, -0.05) is 41.7 Å². The lowest BCUT2D eigenvalue weighted by molar-refractivity contribution is 0.0952. The third kappa shape index (κ3) is 4.45. The van der Waals surface area contributed by atoms with Gasteiger partial charge in [0.1, 0.15) is 0 Å². The number of hydrogen-bond donors (Lipinski definition) is 2. The zero-order valence-corrected chi connectivity index (χ0v) is 13.1. The number of benzene rings is 2. The van der Waals surface area contributed by atoms with Crippen LogP contribution in [0.25, 0.3) is 0 Å². The Balaban J connectivity index is 2.02. The Morgan fingerprint density at radius 3 is 2.57 bits per heavy atom. The first-order valence-electron chi connectivity index (χ1n) is 7.26. The van der Waals surface area contributed by atoms with Crippen LogP contribution in [0, 0.1) is 18.8 Å². The first-order valence-corrected chi connectivity index (χ1v) is 7.26. The van der Waals surface area contributed by atoms with E-state index in [1.54, 1.807) is 31.3 Å². The summed E-state index contributed by atoms with van der Waals surface area (Å²) in [6.07, 6.45) is 0. The van der Waals surface area contributed by atoms with Crippen LogP contribution in [-0.4, -0.2) is 25.4 Å². The van der Waals surface area contributed by atoms with E-state index < -0.39 is 0 Å². The molecule has 2 N–H and O–H groups in total. The first-order chi connectivity index (χ1) is 11.1. The Kier molecular flexibility index (Phi) is 5.54. The highest BCUT2D eigenvalue weighted by Gasteiger charge is 2.06. The summed E-state index contributed by atoms with van der Waals surface area (Å²) in [4.78, 5) is 23.7. The number of carbonyl (C=O) groups excluding carboxylic acids is 2. The lowest BCUT2D eigenvalue weighted by atomic mass is 10.1. The topological polar surface area (TPSA) is 58.2 Å². The van der Waals surface area contributed by atoms with Crippen LogP contribution in [-0.2, 0) is 0 Å². The van der Waals surface area contributed by atoms with Crippen LogP contribution in [0.3, 0.4) is 0 Å². The third-order valence-electron chi connectivity index (χ3n) is 3.24. The van der Waals surface area contributed by atoms with Gasteiger partial charge in [-0.05, 0) is 31.2 Å². The second-order valence-electron chi connectivity index (χ2n) is 4.98. The highest BCUT2D eigenvalue weighted by Crippen LogP contribution is 2.07. The van der Waals surface area contributed by atoms with E-state index >= 15 is 0 Å². The minimum Gasteiger partial charge on any atom is -0.355 e. The molecule has 0 bridgehead atoms. The largest absolute Gasteiger partial charge is 0.355 e. The van der Waals surface area contributed by atoms with Gasteiger partial charge in [0.05, 0.1) is 12.1 Å². The summed E-state index contributed by atoms with van der Waals surface area (Å²) < 4.78 is 0. The van der Waals surface area contributed by atoms with E-state index in [4.69, 9.17) is 0 Å². The number of carbonyl (C=O) groups is 2. The summed E-state index contributed by atoms with van der Waals surface area (Å²) in [5.41, 5.74) is 2.80. The van der Waals surface area contributed by atoms with Crippen molar-refractivity contribution >= 4 is 11.8 Å². The fraction of sp³-hybridized carbons (Fsp3) is 0.158. The van der Waals surface area contributed by atoms with Crippen molar-refractivity contribution in [1.29, 1.82) is 0 Å². The first kappa shape index (κ1) is 16.3. The molecule has 0 saturated carbocycles. The smallest absolute Gasteiger partial charge is 0.252 e. The van der Waals surface area contributed by atoms with Crippen LogP contribution in [0.2, 0.25) is 0 Å². The molecule has 0 fully saturated rings. The zero-order valence-electron chi connectivity index (χ0n) is 13.1. The molecule has 0 heterocycles. The van der Waals surface area contributed by atoms with E-state index in [1.165, 1.54) is 0 Å². The molecular weight excluding hydrogens is 288 g/mol. The molecule has 23 heavy (non-hydrogen) atoms. The van der Waals surface area contributed by atoms with Gasteiger partial charge in [-0.3, -0.25) is 9.59 Å². The van der Waals surface area contributed by atoms with Crippen LogP contribution >= 0.6 is 0 Å². The Bertz CT molecular complexity index is 785. The van der Waals surface area contributed by atoms with E-state index in [9.17, 15) is 9.59 Å². The summed E-state index contributed by atoms with van der Waals surface area (Å²) >= 11 is 0. The summed E-state index contributed by atoms with van der Waals surface area (Å²) in [5.74, 6) is 5.45. The number of hydrogen-bond acceptors (Lipinski definition) is 2. The van der Waals surface area contributed by atoms with E-state index in [0.717, 1.165) is 5.56 Å². The molecule has 4 nitrogen and oxygen atoms in total. The predicted octanol–water partition coefficient (Wildman–Crippen LogP) is 2.14. The van der Waals surface area contributed by atoms with Crippen molar-refractivity contribution in [1.82, 2.24) is 10.6 Å². The number of rotatable bonds is 3. The van der Waals surface area contributed by atoms with Crippen molar-refractivity contribution in [3.8, 4) is 11.8 Å². The predicted molar refractivity (Wildman–Crippen MR) is 90.2 cm³/mol. The highest BCUT2D eigenvalue weighted by molar-refractivity contribution is 5.96. The van der Waals surface area contributed by atoms with Crippen molar-refractivity contribution < 1.29 is 9.59 Å². The minimum absolute atomic E-state index is 0.164. The quantitative estimate of drug-likeness (QED) is 0.854. The molecule has 0 spiro atoms. The Hall–Kier alpha value is -3.06. The van der Waals surface area contributed by atoms with Gasteiger partial charge in [0.15, 0.2) is 0 Å². The molecular formula is C19H18N2O2. The molecule has 0 atom stereocenters. The highest BCUT2D eigenvalue weighted by atomic mass is 16.2. The van der Waals surface area contributed by atoms with E-state index in [0.29, 0.717) is 16.7 Å². The Morgan fingerprint density at radius 1 is 1.04 bits per heavy atom. The maximum Gasteiger partial charge on any atom is 0.252 e. The van der Waals surface area contributed by atoms with Gasteiger partial charge in [-0.15, -0.1) is 0 Å². The van der Waals surface area contributed by atoms with E-state index in [-0.39, 0.29) is 18.4 Å². The summed E-state index contributed by atoms with van der Waals surface area (Å²) in [5, 5.41) is 5.33. The van der Waals surface area contributed by atoms with Gasteiger partial charge in [0, 0.05) is 18.2 Å². The van der Waals surface area contributed by atoms with Gasteiger partial charge in [0.2, 0.25) is 0 Å². The zero-order chi connectivity index (χ0) is 16.7. The minimum atomic E-state index is -0.182. The Morgan fingerprint density at radius 2 is 1.83 bits per heavy atom. The molecule has 0 aliphatic carbocycles. The van der Waals surface area contributed by atoms with Crippen molar-refractivity contribution in [3.05, 3.63) is 70.8 Å². The van der Waals surface area contributed by atoms with Crippen LogP contribution < -0.4 is 10.6 Å². The summed E-state index contributed by atoms with van der Waals surface area (Å²) in [7, 11) is 1.58. The van der Waals surface area contributed by atoms with Gasteiger partial charge < -0.3 is 10.6 Å². The summed E-state index contributed by atoms with van der Waals surface area (Å²) in [6, 6.07) is 14.5. The van der Waals surface area contributed by atoms with Gasteiger partial charge >= 0.3 is 0 Å². The van der Waals surface area contributed by atoms with Gasteiger partial charge in [-0.2, -0.15) is 0 Å². The molecule has 4 heteroatoms. The van der Waals surface area contributed by atoms with Crippen molar-refractivity contribution in [3.63, 3.8) is 0 Å². The molecule has 2 amide bonds. The third-order valence-corrected chi connectivity index (χ3v) is 3.24. The van der Waals surface area contributed by atoms with E-state index in [2.05, 4.69) is 22.5 Å². The maximum absolute atomic E-state index is 12.0. The average Bonchev–Trinajstić information content (AvgIpc) is 2.58. The molecule has 0 saturated heterocycles. The summed E-state index contributed by atoms with van der Waals surface area (Å²) in [6.45, 7) is 2.15. The number of aryl methyl sites for hydroxylation is 1. The average molecular weight is 306 g/mol. The maximum atomic E-state index is 12.0. The molecule has 2 aromatic rings. The van der Waals surface area contributed by atoms with Crippen molar-refractivity contribution in [2.75, 3.05) is 13.6 Å². The van der Waals surface area contributed by atoms with E-state index in [1.807, 2.05) is 31.2 Å². The Labute approximate surface area is 135 Å². The van der Waals surface area contributed by atoms with Crippen molar-refractivity contribution in [2.24, 2.45) is 0 Å². The monoisotopic (exact) mass is 306 g/mol. The van der Waals surface area contributed by atoms with Crippen LogP contribution in [0.5, 0.6) is 0 Å². The molecule has 0 radical (unpaired) electrons. The number of nitrogens with one attached hydrogen (secondary N) is 2. The van der Waals surface area contributed by atoms with Crippen LogP contribution in [0.1, 0.15) is 31.8 Å². The molecule has 2 aromatic carbocycles.